The van der Waals surface area contributed by atoms with Crippen LogP contribution in [0.25, 0.3) is 0 Å². The van der Waals surface area contributed by atoms with Crippen LogP contribution >= 0.6 is 11.8 Å². The van der Waals surface area contributed by atoms with E-state index in [-0.39, 0.29) is 37.1 Å². The molecule has 3 unspecified atom stereocenters. The van der Waals surface area contributed by atoms with Crippen molar-refractivity contribution in [3.63, 3.8) is 0 Å². The Bertz CT molecular complexity index is 1710. The highest BCUT2D eigenvalue weighted by Crippen LogP contribution is 2.48. The molecule has 1 aliphatic rings. The molecule has 3 N–H and O–H groups in total. The van der Waals surface area contributed by atoms with Gasteiger partial charge in [0, 0.05) is 31.2 Å². The highest BCUT2D eigenvalue weighted by atomic mass is 32.2. The first-order chi connectivity index (χ1) is 27.0. The predicted molar refractivity (Wildman–Crippen MR) is 223 cm³/mol. The second-order valence-electron chi connectivity index (χ2n) is 15.4. The van der Waals surface area contributed by atoms with E-state index < -0.39 is 34.6 Å². The summed E-state index contributed by atoms with van der Waals surface area (Å²) in [7, 11) is 0. The van der Waals surface area contributed by atoms with E-state index in [2.05, 4.69) is 103 Å². The van der Waals surface area contributed by atoms with Crippen LogP contribution in [0.4, 0.5) is 4.79 Å². The van der Waals surface area contributed by atoms with Gasteiger partial charge < -0.3 is 30.2 Å². The van der Waals surface area contributed by atoms with Crippen molar-refractivity contribution in [1.29, 1.82) is 0 Å². The summed E-state index contributed by atoms with van der Waals surface area (Å²) in [5.74, 6) is -0.0592. The van der Waals surface area contributed by atoms with E-state index in [1.54, 1.807) is 11.8 Å². The van der Waals surface area contributed by atoms with Gasteiger partial charge in [-0.1, -0.05) is 142 Å². The zero-order valence-corrected chi connectivity index (χ0v) is 34.1. The summed E-state index contributed by atoms with van der Waals surface area (Å²) < 4.78 is 16.7. The summed E-state index contributed by atoms with van der Waals surface area (Å²) in [6.45, 7) is 10.8. The van der Waals surface area contributed by atoms with Gasteiger partial charge in [-0.25, -0.2) is 9.59 Å². The molecule has 1 saturated heterocycles. The van der Waals surface area contributed by atoms with E-state index in [0.717, 1.165) is 28.7 Å². The molecule has 5 rings (SSSR count). The first-order valence-electron chi connectivity index (χ1n) is 19.6. The van der Waals surface area contributed by atoms with Crippen LogP contribution in [0.15, 0.2) is 121 Å². The molecule has 0 saturated carbocycles. The molecule has 0 spiro atoms. The van der Waals surface area contributed by atoms with Crippen molar-refractivity contribution in [3.8, 4) is 0 Å². The number of esters is 1. The maximum absolute atomic E-state index is 13.6. The number of carbonyl (C=O) groups excluding carboxylic acids is 3. The molecule has 0 radical (unpaired) electrons. The molecule has 1 fully saturated rings. The number of nitrogens with one attached hydrogen (secondary N) is 3. The second kappa shape index (κ2) is 20.5. The van der Waals surface area contributed by atoms with E-state index in [9.17, 15) is 14.4 Å². The normalized spacial score (nSPS) is 16.6. The number of rotatable bonds is 19. The molecule has 10 heteroatoms. The fourth-order valence-electron chi connectivity index (χ4n) is 6.79. The molecular formula is C46H57N3O6S. The standard InChI is InChI=1S/C46H57N3O6S/c1-6-33(2)40(31-54-41(29-34-19-11-7-12-20-34)42(50)49-39-27-28-53-43(39)51)47-30-38(48-44(52)55-45(3,4)5)32-56-46(35-21-13-8-14-22-35,36-23-15-9-16-24-36)37-25-17-10-18-26-37/h7-26,33,38-41,47H,6,27-32H2,1-5H3,(H,48,52)(H,49,50)/t33-,38?,39+,40?,41?/m0/s1. The lowest BCUT2D eigenvalue weighted by Crippen LogP contribution is -2.51. The summed E-state index contributed by atoms with van der Waals surface area (Å²) in [6, 6.07) is 40.0. The van der Waals surface area contributed by atoms with Crippen LogP contribution in [0, 0.1) is 5.92 Å². The Morgan fingerprint density at radius 1 is 0.839 bits per heavy atom. The number of amides is 2. The summed E-state index contributed by atoms with van der Waals surface area (Å²) in [4.78, 5) is 39.2. The third-order valence-electron chi connectivity index (χ3n) is 10.0. The Morgan fingerprint density at radius 3 is 1.86 bits per heavy atom. The van der Waals surface area contributed by atoms with Crippen LogP contribution in [0.5, 0.6) is 0 Å². The lowest BCUT2D eigenvalue weighted by atomic mass is 9.84. The average molecular weight is 780 g/mol. The molecule has 56 heavy (non-hydrogen) atoms. The summed E-state index contributed by atoms with van der Waals surface area (Å²) in [6.07, 6.45) is 0.332. The average Bonchev–Trinajstić information content (AvgIpc) is 3.61. The predicted octanol–water partition coefficient (Wildman–Crippen LogP) is 7.67. The molecule has 4 aromatic rings. The zero-order valence-electron chi connectivity index (χ0n) is 33.2. The smallest absolute Gasteiger partial charge is 0.407 e. The molecule has 4 aromatic carbocycles. The van der Waals surface area contributed by atoms with Gasteiger partial charge in [-0.3, -0.25) is 4.79 Å². The van der Waals surface area contributed by atoms with E-state index in [1.165, 1.54) is 0 Å². The minimum Gasteiger partial charge on any atom is -0.464 e. The van der Waals surface area contributed by atoms with Crippen molar-refractivity contribution in [3.05, 3.63) is 144 Å². The van der Waals surface area contributed by atoms with Gasteiger partial charge in [-0.2, -0.15) is 0 Å². The summed E-state index contributed by atoms with van der Waals surface area (Å²) >= 11 is 1.77. The van der Waals surface area contributed by atoms with Crippen LogP contribution < -0.4 is 16.0 Å². The third-order valence-corrected chi connectivity index (χ3v) is 11.7. The topological polar surface area (TPSA) is 115 Å². The van der Waals surface area contributed by atoms with Crippen molar-refractivity contribution in [2.24, 2.45) is 5.92 Å². The first kappa shape index (κ1) is 42.5. The highest BCUT2D eigenvalue weighted by molar-refractivity contribution is 8.00. The van der Waals surface area contributed by atoms with Crippen molar-refractivity contribution >= 4 is 29.7 Å². The lowest BCUT2D eigenvalue weighted by Gasteiger charge is -2.37. The fourth-order valence-corrected chi connectivity index (χ4v) is 8.35. The molecule has 0 bridgehead atoms. The molecular weight excluding hydrogens is 723 g/mol. The van der Waals surface area contributed by atoms with E-state index in [0.29, 0.717) is 25.1 Å². The summed E-state index contributed by atoms with van der Waals surface area (Å²) in [5, 5.41) is 9.75. The Kier molecular flexibility index (Phi) is 15.6. The number of cyclic esters (lactones) is 1. The molecule has 0 aromatic heterocycles. The van der Waals surface area contributed by atoms with Crippen LogP contribution in [-0.2, 0) is 35.0 Å². The van der Waals surface area contributed by atoms with Crippen LogP contribution in [0.2, 0.25) is 0 Å². The van der Waals surface area contributed by atoms with Gasteiger partial charge in [0.15, 0.2) is 0 Å². The number of alkyl carbamates (subject to hydrolysis) is 1. The monoisotopic (exact) mass is 779 g/mol. The van der Waals surface area contributed by atoms with E-state index in [4.69, 9.17) is 14.2 Å². The van der Waals surface area contributed by atoms with Crippen LogP contribution in [0.3, 0.4) is 0 Å². The van der Waals surface area contributed by atoms with Crippen molar-refractivity contribution in [2.75, 3.05) is 25.5 Å². The highest BCUT2D eigenvalue weighted by Gasteiger charge is 2.38. The zero-order chi connectivity index (χ0) is 40.0. The third kappa shape index (κ3) is 11.9. The van der Waals surface area contributed by atoms with Crippen molar-refractivity contribution < 1.29 is 28.6 Å². The first-order valence-corrected chi connectivity index (χ1v) is 20.6. The molecule has 9 nitrogen and oxygen atoms in total. The van der Waals surface area contributed by atoms with Gasteiger partial charge in [0.1, 0.15) is 17.7 Å². The van der Waals surface area contributed by atoms with E-state index >= 15 is 0 Å². The number of hydrogen-bond acceptors (Lipinski definition) is 8. The maximum Gasteiger partial charge on any atom is 0.407 e. The largest absolute Gasteiger partial charge is 0.464 e. The number of carbonyl (C=O) groups is 3. The minimum absolute atomic E-state index is 0.155. The number of thioether (sulfide) groups is 1. The van der Waals surface area contributed by atoms with Gasteiger partial charge in [-0.15, -0.1) is 11.8 Å². The van der Waals surface area contributed by atoms with Crippen LogP contribution in [0.1, 0.15) is 69.7 Å². The second-order valence-corrected chi connectivity index (χ2v) is 16.6. The van der Waals surface area contributed by atoms with Crippen molar-refractivity contribution in [1.82, 2.24) is 16.0 Å². The van der Waals surface area contributed by atoms with Gasteiger partial charge in [0.05, 0.1) is 24.0 Å². The van der Waals surface area contributed by atoms with Gasteiger partial charge >= 0.3 is 12.1 Å². The number of hydrogen-bond donors (Lipinski definition) is 3. The molecule has 298 valence electrons. The molecule has 5 atom stereocenters. The molecule has 1 heterocycles. The Labute approximate surface area is 336 Å². The number of ether oxygens (including phenoxy) is 3. The molecule has 1 aliphatic heterocycles. The maximum atomic E-state index is 13.6. The van der Waals surface area contributed by atoms with Crippen LogP contribution in [-0.4, -0.2) is 73.3 Å². The Balaban J connectivity index is 1.39. The van der Waals surface area contributed by atoms with E-state index in [1.807, 2.05) is 69.3 Å². The summed E-state index contributed by atoms with van der Waals surface area (Å²) in [5.41, 5.74) is 3.67. The minimum atomic E-state index is -0.825. The van der Waals surface area contributed by atoms with Gasteiger partial charge in [-0.05, 0) is 48.9 Å². The SMILES string of the molecule is CC[C@H](C)C(COC(Cc1ccccc1)C(=O)N[C@@H]1CCOC1=O)NCC(CSC(c1ccccc1)(c1ccccc1)c1ccccc1)NC(=O)OC(C)(C)C. The Morgan fingerprint density at radius 2 is 1.38 bits per heavy atom. The number of benzene rings is 4. The van der Waals surface area contributed by atoms with Crippen molar-refractivity contribution in [2.45, 2.75) is 88.5 Å². The molecule has 2 amide bonds. The van der Waals surface area contributed by atoms with Gasteiger partial charge in [0.25, 0.3) is 0 Å². The van der Waals surface area contributed by atoms with Gasteiger partial charge in [0.2, 0.25) is 5.91 Å². The molecule has 0 aliphatic carbocycles. The fraction of sp³-hybridized carbons (Fsp3) is 0.413. The Hall–Kier alpha value is -4.64. The quantitative estimate of drug-likeness (QED) is 0.0657. The lowest BCUT2D eigenvalue weighted by molar-refractivity contribution is -0.143.